The van der Waals surface area contributed by atoms with Gasteiger partial charge in [0.15, 0.2) is 0 Å². The minimum absolute atomic E-state index is 0. The van der Waals surface area contributed by atoms with Crippen LogP contribution in [0.3, 0.4) is 0 Å². The van der Waals surface area contributed by atoms with Gasteiger partial charge in [-0.05, 0) is 98.5 Å². The number of pyridine rings is 1. The third-order valence-electron chi connectivity index (χ3n) is 11.0. The fourth-order valence-electron chi connectivity index (χ4n) is 8.65. The van der Waals surface area contributed by atoms with Crippen molar-refractivity contribution in [2.75, 3.05) is 0 Å². The topological polar surface area (TPSA) is 63.2 Å². The van der Waals surface area contributed by atoms with Gasteiger partial charge in [-0.2, -0.15) is 0 Å². The summed E-state index contributed by atoms with van der Waals surface area (Å²) in [6.45, 7) is 9.88. The van der Waals surface area contributed by atoms with Gasteiger partial charge in [0, 0.05) is 68.3 Å². The van der Waals surface area contributed by atoms with Crippen molar-refractivity contribution >= 4 is 21.8 Å². The fraction of sp³-hybridized carbons (Fsp3) is 0.113. The van der Waals surface area contributed by atoms with Crippen LogP contribution in [-0.4, -0.2) is 24.3 Å². The molecule has 0 aliphatic rings. The van der Waals surface area contributed by atoms with Gasteiger partial charge >= 0.3 is 26.2 Å². The molecule has 0 atom stereocenters. The fourth-order valence-corrected chi connectivity index (χ4v) is 8.65. The molecule has 0 unspecified atom stereocenters. The summed E-state index contributed by atoms with van der Waals surface area (Å²) in [4.78, 5) is 5.56. The first-order valence-corrected chi connectivity index (χ1v) is 19.4. The molecule has 0 aliphatic carbocycles. The average molecular weight is 851 g/mol. The Balaban J connectivity index is 0.00000195. The van der Waals surface area contributed by atoms with Gasteiger partial charge < -0.3 is 34.2 Å². The number of aromatic hydroxyl groups is 2. The van der Waals surface area contributed by atoms with Crippen LogP contribution in [0.1, 0.15) is 25.0 Å². The van der Waals surface area contributed by atoms with E-state index in [1.165, 1.54) is 0 Å². The van der Waals surface area contributed by atoms with E-state index in [4.69, 9.17) is 4.98 Å². The Morgan fingerprint density at radius 2 is 0.814 bits per heavy atom. The normalized spacial score (nSPS) is 10.9. The van der Waals surface area contributed by atoms with Crippen molar-refractivity contribution in [3.8, 4) is 78.8 Å². The van der Waals surface area contributed by atoms with Crippen LogP contribution < -0.4 is 0 Å². The molecule has 0 fully saturated rings. The summed E-state index contributed by atoms with van der Waals surface area (Å²) in [6, 6.07) is 51.6. The Bertz CT molecular complexity index is 2730. The maximum Gasteiger partial charge on any atom is 2.00 e. The van der Waals surface area contributed by atoms with E-state index in [1.807, 2.05) is 60.7 Å². The van der Waals surface area contributed by atoms with E-state index in [-0.39, 0.29) is 52.6 Å². The van der Waals surface area contributed by atoms with Gasteiger partial charge in [0.1, 0.15) is 11.5 Å². The third-order valence-corrected chi connectivity index (χ3v) is 11.0. The molecule has 3 heterocycles. The summed E-state index contributed by atoms with van der Waals surface area (Å²) in [5.41, 5.74) is 14.7. The number of aryl methyl sites for hydroxylation is 4. The molecule has 9 rings (SSSR count). The van der Waals surface area contributed by atoms with Crippen molar-refractivity contribution in [3.05, 3.63) is 178 Å². The number of phenolic OH excluding ortho intramolecular Hbond substituents is 2. The zero-order valence-electron chi connectivity index (χ0n) is 34.6. The zero-order chi connectivity index (χ0) is 38.5. The Labute approximate surface area is 367 Å². The molecule has 2 N–H and O–H groups in total. The Morgan fingerprint density at radius 3 is 1.20 bits per heavy atom. The number of phenols is 2. The van der Waals surface area contributed by atoms with Crippen molar-refractivity contribution in [1.29, 1.82) is 0 Å². The number of rotatable bonds is 8. The Morgan fingerprint density at radius 1 is 0.458 bits per heavy atom. The molecule has 0 bridgehead atoms. The van der Waals surface area contributed by atoms with E-state index in [2.05, 4.69) is 128 Å². The molecule has 0 saturated heterocycles. The molecule has 0 saturated carbocycles. The SMILES string of the molecule is CCn1c(-c2cc(C)cc(-c3ccccc3)c2O)c(-c2cccc(-c3c(-c4cc(C)cc(-c5ccccc5)c4O)n(CC)c4ccccc34)n2)c2ccccc21.[CH3-].[CH3-].[Zr+2]. The maximum atomic E-state index is 12.2. The van der Waals surface area contributed by atoms with E-state index < -0.39 is 0 Å². The van der Waals surface area contributed by atoms with Crippen molar-refractivity contribution in [2.45, 2.75) is 40.8 Å². The number of fused-ring (bicyclic) bond motifs is 2. The molecule has 0 spiro atoms. The molecule has 6 heteroatoms. The summed E-state index contributed by atoms with van der Waals surface area (Å²) >= 11 is 0. The molecule has 5 nitrogen and oxygen atoms in total. The Hall–Kier alpha value is -5.97. The van der Waals surface area contributed by atoms with Gasteiger partial charge in [0.25, 0.3) is 0 Å². The van der Waals surface area contributed by atoms with E-state index in [0.29, 0.717) is 13.1 Å². The number of para-hydroxylation sites is 2. The first kappa shape index (κ1) is 42.6. The summed E-state index contributed by atoms with van der Waals surface area (Å²) < 4.78 is 4.60. The van der Waals surface area contributed by atoms with Crippen LogP contribution in [0.5, 0.6) is 11.5 Å². The summed E-state index contributed by atoms with van der Waals surface area (Å²) in [7, 11) is 0. The molecule has 0 radical (unpaired) electrons. The van der Waals surface area contributed by atoms with Crippen molar-refractivity contribution in [1.82, 2.24) is 14.1 Å². The van der Waals surface area contributed by atoms with E-state index in [1.54, 1.807) is 0 Å². The number of benzene rings is 6. The summed E-state index contributed by atoms with van der Waals surface area (Å²) in [6.07, 6.45) is 0. The van der Waals surface area contributed by atoms with Crippen molar-refractivity contribution < 1.29 is 36.4 Å². The monoisotopic (exact) mass is 849 g/mol. The second-order valence-corrected chi connectivity index (χ2v) is 14.5. The quantitative estimate of drug-likeness (QED) is 0.150. The number of nitrogens with zero attached hydrogens (tertiary/aromatic N) is 3. The smallest absolute Gasteiger partial charge is 0.507 e. The average Bonchev–Trinajstić information content (AvgIpc) is 3.75. The van der Waals surface area contributed by atoms with Gasteiger partial charge in [0.05, 0.1) is 22.8 Å². The van der Waals surface area contributed by atoms with Crippen LogP contribution in [0, 0.1) is 28.7 Å². The first-order chi connectivity index (χ1) is 27.4. The first-order valence-electron chi connectivity index (χ1n) is 19.4. The van der Waals surface area contributed by atoms with Crippen molar-refractivity contribution in [3.63, 3.8) is 0 Å². The van der Waals surface area contributed by atoms with Crippen molar-refractivity contribution in [2.24, 2.45) is 0 Å². The summed E-state index contributed by atoms with van der Waals surface area (Å²) in [5.74, 6) is 0.489. The maximum absolute atomic E-state index is 12.2. The van der Waals surface area contributed by atoms with Crippen LogP contribution in [0.4, 0.5) is 0 Å². The van der Waals surface area contributed by atoms with Gasteiger partial charge in [-0.3, -0.25) is 0 Å². The second-order valence-electron chi connectivity index (χ2n) is 14.5. The van der Waals surface area contributed by atoms with Crippen LogP contribution in [0.15, 0.2) is 152 Å². The predicted molar refractivity (Wildman–Crippen MR) is 245 cm³/mol. The van der Waals surface area contributed by atoms with Gasteiger partial charge in [-0.15, -0.1) is 0 Å². The zero-order valence-corrected chi connectivity index (χ0v) is 37.0. The minimum atomic E-state index is 0. The molecule has 9 aromatic rings. The van der Waals surface area contributed by atoms with Gasteiger partial charge in [-0.1, -0.05) is 103 Å². The molecule has 6 aromatic carbocycles. The van der Waals surface area contributed by atoms with Crippen LogP contribution in [0.25, 0.3) is 89.1 Å². The Kier molecular flexibility index (Phi) is 12.6. The van der Waals surface area contributed by atoms with E-state index >= 15 is 0 Å². The third kappa shape index (κ3) is 7.25. The molecule has 0 amide bonds. The van der Waals surface area contributed by atoms with E-state index in [9.17, 15) is 10.2 Å². The number of hydrogen-bond acceptors (Lipinski definition) is 3. The standard InChI is InChI=1S/C51H43N3O2.2CH3.Zr/c1-5-53-44-26-15-13-22-36(44)46(48(53)40-30-32(3)28-38(50(40)55)34-18-9-7-10-19-34)42-24-17-25-43(52-42)47-37-23-14-16-27-45(37)54(6-2)49(47)41-31-33(4)29-39(51(41)56)35-20-11-8-12-21-35;;;/h7-31,55-56H,5-6H2,1-4H3;2*1H3;/q;2*-1;+2. The molecule has 59 heavy (non-hydrogen) atoms. The number of aromatic nitrogens is 3. The van der Waals surface area contributed by atoms with Crippen LogP contribution in [0.2, 0.25) is 0 Å². The van der Waals surface area contributed by atoms with Crippen LogP contribution in [-0.2, 0) is 39.3 Å². The molecule has 292 valence electrons. The molecular weight excluding hydrogens is 802 g/mol. The largest absolute Gasteiger partial charge is 2.00 e. The predicted octanol–water partition coefficient (Wildman–Crippen LogP) is 14.0. The number of hydrogen-bond donors (Lipinski definition) is 2. The minimum Gasteiger partial charge on any atom is -0.507 e. The van der Waals surface area contributed by atoms with E-state index in [0.717, 1.165) is 100 Å². The van der Waals surface area contributed by atoms with Gasteiger partial charge in [-0.25, -0.2) is 4.98 Å². The molecule has 0 aliphatic heterocycles. The summed E-state index contributed by atoms with van der Waals surface area (Å²) in [5, 5.41) is 26.5. The van der Waals surface area contributed by atoms with Gasteiger partial charge in [0.2, 0.25) is 0 Å². The second kappa shape index (κ2) is 17.5. The molecular formula is C53H49N3O2Zr. The molecule has 3 aromatic heterocycles. The van der Waals surface area contributed by atoms with Crippen LogP contribution >= 0.6 is 0 Å².